The van der Waals surface area contributed by atoms with Gasteiger partial charge in [-0.05, 0) is 61.9 Å². The van der Waals surface area contributed by atoms with Crippen LogP contribution in [0.5, 0.6) is 0 Å². The molecule has 5 N–H and O–H groups in total. The highest BCUT2D eigenvalue weighted by Gasteiger charge is 2.20. The fourth-order valence-corrected chi connectivity index (χ4v) is 4.34. The van der Waals surface area contributed by atoms with Gasteiger partial charge in [0.05, 0.1) is 13.3 Å². The minimum Gasteiger partial charge on any atom is -0.368 e. The Kier molecular flexibility index (Phi) is 8.39. The summed E-state index contributed by atoms with van der Waals surface area (Å²) in [4.78, 5) is 15.4. The normalized spacial score (nSPS) is 19.0. The number of thioether (sulfide) groups is 1. The Hall–Kier alpha value is -2.03. The molecule has 0 unspecified atom stereocenters. The number of rotatable bonds is 10. The van der Waals surface area contributed by atoms with Crippen molar-refractivity contribution in [1.82, 2.24) is 9.97 Å². The number of nitrogens with one attached hydrogen (secondary N) is 3. The first-order chi connectivity index (χ1) is 14.2. The van der Waals surface area contributed by atoms with E-state index in [1.54, 1.807) is 25.1 Å². The fourth-order valence-electron chi connectivity index (χ4n) is 3.72. The van der Waals surface area contributed by atoms with Gasteiger partial charge in [0.15, 0.2) is 5.82 Å². The van der Waals surface area contributed by atoms with Gasteiger partial charge in [0.1, 0.15) is 5.69 Å². The number of nitrogens with two attached hydrogens (primary N) is 1. The molecule has 8 heteroatoms. The Morgan fingerprint density at radius 1 is 1.14 bits per heavy atom. The minimum atomic E-state index is 0.594. The molecule has 29 heavy (non-hydrogen) atoms. The smallest absolute Gasteiger partial charge is 0.225 e. The van der Waals surface area contributed by atoms with Gasteiger partial charge in [-0.15, -0.1) is 11.8 Å². The van der Waals surface area contributed by atoms with E-state index in [1.807, 2.05) is 0 Å². The first-order valence-electron chi connectivity index (χ1n) is 10.2. The molecule has 1 saturated carbocycles. The second kappa shape index (κ2) is 11.2. The lowest BCUT2D eigenvalue weighted by Crippen LogP contribution is -2.25. The van der Waals surface area contributed by atoms with E-state index in [1.165, 1.54) is 36.1 Å². The number of anilines is 3. The van der Waals surface area contributed by atoms with Gasteiger partial charge in [-0.25, -0.2) is 4.98 Å². The lowest BCUT2D eigenvalue weighted by Gasteiger charge is -2.28. The van der Waals surface area contributed by atoms with E-state index >= 15 is 0 Å². The van der Waals surface area contributed by atoms with Crippen LogP contribution in [0.25, 0.3) is 0 Å². The van der Waals surface area contributed by atoms with E-state index in [0.29, 0.717) is 24.3 Å². The summed E-state index contributed by atoms with van der Waals surface area (Å²) < 4.78 is 0. The van der Waals surface area contributed by atoms with E-state index in [-0.39, 0.29) is 0 Å². The van der Waals surface area contributed by atoms with Crippen LogP contribution in [0.1, 0.15) is 31.2 Å². The zero-order chi connectivity index (χ0) is 20.5. The average molecular weight is 417 g/mol. The van der Waals surface area contributed by atoms with Crippen molar-refractivity contribution in [2.75, 3.05) is 42.6 Å². The molecular weight excluding hydrogens is 384 g/mol. The molecule has 0 atom stereocenters. The van der Waals surface area contributed by atoms with Crippen LogP contribution in [-0.4, -0.2) is 36.4 Å². The third-order valence-electron chi connectivity index (χ3n) is 5.49. The fraction of sp³-hybridized carbons (Fsp3) is 0.524. The topological polar surface area (TPSA) is 97.1 Å². The van der Waals surface area contributed by atoms with Crippen LogP contribution in [0, 0.1) is 11.8 Å². The van der Waals surface area contributed by atoms with E-state index < -0.39 is 0 Å². The second-order valence-corrected chi connectivity index (χ2v) is 8.28. The summed E-state index contributed by atoms with van der Waals surface area (Å²) >= 11 is 1.74. The van der Waals surface area contributed by atoms with Crippen LogP contribution in [-0.2, 0) is 11.4 Å². The maximum Gasteiger partial charge on any atom is 0.225 e. The molecule has 158 valence electrons. The number of hydrogen-bond acceptors (Lipinski definition) is 8. The molecule has 2 aromatic rings. The second-order valence-electron chi connectivity index (χ2n) is 7.43. The van der Waals surface area contributed by atoms with Crippen LogP contribution in [0.15, 0.2) is 35.4 Å². The summed E-state index contributed by atoms with van der Waals surface area (Å²) in [5.74, 6) is 2.68. The Morgan fingerprint density at radius 3 is 2.62 bits per heavy atom. The minimum absolute atomic E-state index is 0.594. The first-order valence-corrected chi connectivity index (χ1v) is 11.4. The van der Waals surface area contributed by atoms with Crippen molar-refractivity contribution < 1.29 is 4.84 Å². The van der Waals surface area contributed by atoms with Crippen LogP contribution in [0.4, 0.5) is 17.5 Å². The van der Waals surface area contributed by atoms with Crippen molar-refractivity contribution in [3.05, 3.63) is 36.0 Å². The highest BCUT2D eigenvalue weighted by Crippen LogP contribution is 2.29. The zero-order valence-electron chi connectivity index (χ0n) is 17.3. The standard InChI is InChI=1S/C21H32N6OS/c1-28-27-18-14-25-21(24-13-17-5-3-4-6-19(17)29-2)26-20(18)23-12-16-9-7-15(11-22)8-10-16/h3-6,14-16,27H,7-13,22H2,1-2H3,(H2,23,24,25,26). The number of benzene rings is 1. The molecule has 0 saturated heterocycles. The Labute approximate surface area is 177 Å². The predicted molar refractivity (Wildman–Crippen MR) is 121 cm³/mol. The molecule has 1 aliphatic carbocycles. The van der Waals surface area contributed by atoms with Gasteiger partial charge >= 0.3 is 0 Å². The molecule has 3 rings (SSSR count). The highest BCUT2D eigenvalue weighted by molar-refractivity contribution is 7.98. The van der Waals surface area contributed by atoms with Gasteiger partial charge in [-0.1, -0.05) is 18.2 Å². The Morgan fingerprint density at radius 2 is 1.90 bits per heavy atom. The summed E-state index contributed by atoms with van der Waals surface area (Å²) in [7, 11) is 1.59. The Balaban J connectivity index is 1.62. The van der Waals surface area contributed by atoms with Crippen LogP contribution < -0.4 is 21.8 Å². The largest absolute Gasteiger partial charge is 0.368 e. The molecule has 0 amide bonds. The van der Waals surface area contributed by atoms with E-state index in [0.717, 1.165) is 24.6 Å². The molecule has 0 bridgehead atoms. The summed E-state index contributed by atoms with van der Waals surface area (Å²) in [6.45, 7) is 2.38. The summed E-state index contributed by atoms with van der Waals surface area (Å²) in [5, 5.41) is 6.83. The van der Waals surface area contributed by atoms with Crippen molar-refractivity contribution in [2.24, 2.45) is 17.6 Å². The van der Waals surface area contributed by atoms with Gasteiger partial charge in [0.2, 0.25) is 5.95 Å². The van der Waals surface area contributed by atoms with E-state index in [4.69, 9.17) is 10.6 Å². The highest BCUT2D eigenvalue weighted by atomic mass is 32.2. The maximum absolute atomic E-state index is 5.81. The number of nitrogens with zero attached hydrogens (tertiary/aromatic N) is 2. The molecule has 7 nitrogen and oxygen atoms in total. The number of hydrogen-bond donors (Lipinski definition) is 4. The molecule has 0 spiro atoms. The monoisotopic (exact) mass is 416 g/mol. The molecule has 1 heterocycles. The van der Waals surface area contributed by atoms with Crippen molar-refractivity contribution >= 4 is 29.2 Å². The van der Waals surface area contributed by atoms with E-state index in [9.17, 15) is 0 Å². The van der Waals surface area contributed by atoms with E-state index in [2.05, 4.69) is 56.6 Å². The first kappa shape index (κ1) is 21.7. The van der Waals surface area contributed by atoms with Gasteiger partial charge in [0.25, 0.3) is 0 Å². The lowest BCUT2D eigenvalue weighted by atomic mass is 9.82. The summed E-state index contributed by atoms with van der Waals surface area (Å²) in [5.41, 5.74) is 10.6. The summed E-state index contributed by atoms with van der Waals surface area (Å²) in [6.07, 6.45) is 8.69. The zero-order valence-corrected chi connectivity index (χ0v) is 18.1. The molecule has 1 aliphatic rings. The van der Waals surface area contributed by atoms with Crippen LogP contribution in [0.2, 0.25) is 0 Å². The van der Waals surface area contributed by atoms with Crippen molar-refractivity contribution in [3.63, 3.8) is 0 Å². The lowest BCUT2D eigenvalue weighted by molar-refractivity contribution is 0.270. The van der Waals surface area contributed by atoms with Gasteiger partial charge in [-0.2, -0.15) is 4.98 Å². The van der Waals surface area contributed by atoms with Crippen molar-refractivity contribution in [3.8, 4) is 0 Å². The molecular formula is C21H32N6OS. The Bertz CT molecular complexity index is 767. The maximum atomic E-state index is 5.81. The molecule has 1 fully saturated rings. The molecule has 0 aliphatic heterocycles. The van der Waals surface area contributed by atoms with Crippen LogP contribution in [0.3, 0.4) is 0 Å². The van der Waals surface area contributed by atoms with Gasteiger partial charge < -0.3 is 16.4 Å². The predicted octanol–water partition coefficient (Wildman–Crippen LogP) is 3.96. The third-order valence-corrected chi connectivity index (χ3v) is 6.33. The molecule has 0 radical (unpaired) electrons. The van der Waals surface area contributed by atoms with Gasteiger partial charge in [0, 0.05) is 18.0 Å². The quantitative estimate of drug-likeness (QED) is 0.341. The summed E-state index contributed by atoms with van der Waals surface area (Å²) in [6, 6.07) is 8.35. The molecule has 1 aromatic carbocycles. The van der Waals surface area contributed by atoms with Gasteiger partial charge in [-0.3, -0.25) is 10.3 Å². The SMILES string of the molecule is CONc1cnc(NCc2ccccc2SC)nc1NCC1CCC(CN)CC1. The van der Waals surface area contributed by atoms with Crippen molar-refractivity contribution in [2.45, 2.75) is 37.1 Å². The average Bonchev–Trinajstić information content (AvgIpc) is 2.78. The molecule has 1 aromatic heterocycles. The third kappa shape index (κ3) is 6.22. The number of aromatic nitrogens is 2. The van der Waals surface area contributed by atoms with Crippen molar-refractivity contribution in [1.29, 1.82) is 0 Å². The van der Waals surface area contributed by atoms with Crippen LogP contribution >= 0.6 is 11.8 Å².